The van der Waals surface area contributed by atoms with Crippen LogP contribution in [0.4, 0.5) is 0 Å². The average molecular weight is 335 g/mol. The Kier molecular flexibility index (Phi) is 6.43. The third-order valence-electron chi connectivity index (χ3n) is 4.27. The van der Waals surface area contributed by atoms with Crippen molar-refractivity contribution >= 4 is 10.8 Å². The first-order valence-corrected chi connectivity index (χ1v) is 8.86. The maximum absolute atomic E-state index is 10.1. The zero-order valence-electron chi connectivity index (χ0n) is 14.4. The molecule has 2 N–H and O–H groups in total. The van der Waals surface area contributed by atoms with E-state index in [1.807, 2.05) is 36.4 Å². The number of ether oxygens (including phenoxy) is 1. The summed E-state index contributed by atoms with van der Waals surface area (Å²) >= 11 is 0. The van der Waals surface area contributed by atoms with Gasteiger partial charge in [-0.2, -0.15) is 0 Å². The molecule has 25 heavy (non-hydrogen) atoms. The van der Waals surface area contributed by atoms with Gasteiger partial charge in [0.15, 0.2) is 0 Å². The molecule has 0 aromatic heterocycles. The molecule has 0 aliphatic rings. The molecule has 0 aliphatic heterocycles. The van der Waals surface area contributed by atoms with E-state index in [0.29, 0.717) is 13.0 Å². The van der Waals surface area contributed by atoms with Crippen LogP contribution in [0.3, 0.4) is 0 Å². The lowest BCUT2D eigenvalue weighted by Gasteiger charge is -2.14. The van der Waals surface area contributed by atoms with Crippen molar-refractivity contribution in [1.82, 2.24) is 5.32 Å². The number of hydrogen-bond acceptors (Lipinski definition) is 3. The second-order valence-corrected chi connectivity index (χ2v) is 6.22. The standard InChI is InChI=1S/C22H25NO2/c24-20(14-16-23-15-13-18-7-2-1-3-8-18)17-25-22-12-6-10-19-9-4-5-11-21(19)22/h1-12,20,23-24H,13-17H2. The van der Waals surface area contributed by atoms with Crippen molar-refractivity contribution in [3.05, 3.63) is 78.4 Å². The summed E-state index contributed by atoms with van der Waals surface area (Å²) in [7, 11) is 0. The molecular weight excluding hydrogens is 310 g/mol. The van der Waals surface area contributed by atoms with Crippen molar-refractivity contribution < 1.29 is 9.84 Å². The maximum Gasteiger partial charge on any atom is 0.127 e. The van der Waals surface area contributed by atoms with E-state index in [1.165, 1.54) is 5.56 Å². The molecule has 1 atom stereocenters. The summed E-state index contributed by atoms with van der Waals surface area (Å²) in [4.78, 5) is 0. The van der Waals surface area contributed by atoms with Gasteiger partial charge < -0.3 is 15.2 Å². The zero-order valence-corrected chi connectivity index (χ0v) is 14.4. The summed E-state index contributed by atoms with van der Waals surface area (Å²) in [5, 5.41) is 15.7. The normalized spacial score (nSPS) is 12.2. The van der Waals surface area contributed by atoms with Crippen LogP contribution in [-0.4, -0.2) is 30.9 Å². The monoisotopic (exact) mass is 335 g/mol. The third-order valence-corrected chi connectivity index (χ3v) is 4.27. The molecule has 130 valence electrons. The third kappa shape index (κ3) is 5.31. The number of fused-ring (bicyclic) bond motifs is 1. The number of hydrogen-bond donors (Lipinski definition) is 2. The van der Waals surface area contributed by atoms with Crippen LogP contribution in [0.5, 0.6) is 5.75 Å². The highest BCUT2D eigenvalue weighted by Gasteiger charge is 2.07. The summed E-state index contributed by atoms with van der Waals surface area (Å²) in [6.45, 7) is 2.02. The van der Waals surface area contributed by atoms with Crippen molar-refractivity contribution in [3.63, 3.8) is 0 Å². The van der Waals surface area contributed by atoms with Crippen LogP contribution in [0.1, 0.15) is 12.0 Å². The predicted molar refractivity (Wildman–Crippen MR) is 103 cm³/mol. The van der Waals surface area contributed by atoms with Gasteiger partial charge in [0.1, 0.15) is 12.4 Å². The van der Waals surface area contributed by atoms with Crippen LogP contribution in [0.2, 0.25) is 0 Å². The Morgan fingerprint density at radius 2 is 1.60 bits per heavy atom. The molecule has 0 saturated carbocycles. The van der Waals surface area contributed by atoms with Gasteiger partial charge in [-0.05, 0) is 42.9 Å². The van der Waals surface area contributed by atoms with Crippen LogP contribution in [0, 0.1) is 0 Å². The van der Waals surface area contributed by atoms with Crippen LogP contribution in [-0.2, 0) is 6.42 Å². The van der Waals surface area contributed by atoms with Crippen molar-refractivity contribution in [2.24, 2.45) is 0 Å². The Hall–Kier alpha value is -2.36. The van der Waals surface area contributed by atoms with Crippen molar-refractivity contribution in [2.75, 3.05) is 19.7 Å². The SMILES string of the molecule is OC(CCNCCc1ccccc1)COc1cccc2ccccc12. The number of aliphatic hydroxyl groups is 1. The summed E-state index contributed by atoms with van der Waals surface area (Å²) in [5.74, 6) is 0.828. The Labute approximate surface area is 149 Å². The lowest BCUT2D eigenvalue weighted by Crippen LogP contribution is -2.26. The second-order valence-electron chi connectivity index (χ2n) is 6.22. The molecule has 0 spiro atoms. The minimum absolute atomic E-state index is 0.314. The van der Waals surface area contributed by atoms with Gasteiger partial charge >= 0.3 is 0 Å². The van der Waals surface area contributed by atoms with Gasteiger partial charge in [-0.3, -0.25) is 0 Å². The maximum atomic E-state index is 10.1. The number of benzene rings is 3. The van der Waals surface area contributed by atoms with E-state index in [-0.39, 0.29) is 0 Å². The van der Waals surface area contributed by atoms with E-state index >= 15 is 0 Å². The predicted octanol–water partition coefficient (Wildman–Crippen LogP) is 3.80. The van der Waals surface area contributed by atoms with Gasteiger partial charge in [0.2, 0.25) is 0 Å². The van der Waals surface area contributed by atoms with Crippen LogP contribution in [0.15, 0.2) is 72.8 Å². The fourth-order valence-electron chi connectivity index (χ4n) is 2.86. The molecule has 3 aromatic carbocycles. The Morgan fingerprint density at radius 1 is 0.840 bits per heavy atom. The number of rotatable bonds is 9. The van der Waals surface area contributed by atoms with Gasteiger partial charge in [-0.1, -0.05) is 66.7 Å². The molecule has 0 saturated heterocycles. The van der Waals surface area contributed by atoms with Crippen molar-refractivity contribution in [2.45, 2.75) is 18.9 Å². The van der Waals surface area contributed by atoms with Gasteiger partial charge in [-0.25, -0.2) is 0 Å². The quantitative estimate of drug-likeness (QED) is 0.585. The minimum Gasteiger partial charge on any atom is -0.490 e. The van der Waals surface area contributed by atoms with E-state index in [9.17, 15) is 5.11 Å². The molecule has 3 nitrogen and oxygen atoms in total. The van der Waals surface area contributed by atoms with Crippen LogP contribution in [0.25, 0.3) is 10.8 Å². The smallest absolute Gasteiger partial charge is 0.127 e. The van der Waals surface area contributed by atoms with Crippen LogP contribution < -0.4 is 10.1 Å². The molecule has 0 aliphatic carbocycles. The largest absolute Gasteiger partial charge is 0.490 e. The highest BCUT2D eigenvalue weighted by molar-refractivity contribution is 5.88. The van der Waals surface area contributed by atoms with E-state index in [1.54, 1.807) is 0 Å². The molecular formula is C22H25NO2. The Morgan fingerprint density at radius 3 is 2.48 bits per heavy atom. The lowest BCUT2D eigenvalue weighted by atomic mass is 10.1. The lowest BCUT2D eigenvalue weighted by molar-refractivity contribution is 0.101. The topological polar surface area (TPSA) is 41.5 Å². The van der Waals surface area contributed by atoms with Crippen LogP contribution >= 0.6 is 0 Å². The summed E-state index contributed by atoms with van der Waals surface area (Å²) in [6, 6.07) is 24.5. The fourth-order valence-corrected chi connectivity index (χ4v) is 2.86. The van der Waals surface area contributed by atoms with Crippen molar-refractivity contribution in [3.8, 4) is 5.75 Å². The van der Waals surface area contributed by atoms with Gasteiger partial charge in [0.05, 0.1) is 6.10 Å². The average Bonchev–Trinajstić information content (AvgIpc) is 2.67. The van der Waals surface area contributed by atoms with E-state index in [2.05, 4.69) is 41.7 Å². The number of aliphatic hydroxyl groups excluding tert-OH is 1. The molecule has 3 rings (SSSR count). The first-order valence-electron chi connectivity index (χ1n) is 8.86. The molecule has 1 unspecified atom stereocenters. The molecule has 0 fully saturated rings. The summed E-state index contributed by atoms with van der Waals surface area (Å²) < 4.78 is 5.83. The molecule has 3 aromatic rings. The summed E-state index contributed by atoms with van der Waals surface area (Å²) in [5.41, 5.74) is 1.33. The Balaban J connectivity index is 1.37. The molecule has 0 amide bonds. The molecule has 3 heteroatoms. The summed E-state index contributed by atoms with van der Waals surface area (Å²) in [6.07, 6.45) is 1.21. The van der Waals surface area contributed by atoms with E-state index in [0.717, 1.165) is 36.0 Å². The Bertz CT molecular complexity index is 768. The van der Waals surface area contributed by atoms with E-state index < -0.39 is 6.10 Å². The highest BCUT2D eigenvalue weighted by atomic mass is 16.5. The zero-order chi connectivity index (χ0) is 17.3. The minimum atomic E-state index is -0.469. The first kappa shape index (κ1) is 17.5. The van der Waals surface area contributed by atoms with Gasteiger partial charge in [0, 0.05) is 5.39 Å². The number of nitrogens with one attached hydrogen (secondary N) is 1. The molecule has 0 radical (unpaired) electrons. The fraction of sp³-hybridized carbons (Fsp3) is 0.273. The van der Waals surface area contributed by atoms with Crippen molar-refractivity contribution in [1.29, 1.82) is 0 Å². The first-order chi connectivity index (χ1) is 12.3. The van der Waals surface area contributed by atoms with Gasteiger partial charge in [-0.15, -0.1) is 0 Å². The molecule has 0 heterocycles. The van der Waals surface area contributed by atoms with Gasteiger partial charge in [0.25, 0.3) is 0 Å². The van der Waals surface area contributed by atoms with E-state index in [4.69, 9.17) is 4.74 Å². The molecule has 0 bridgehead atoms. The second kappa shape index (κ2) is 9.21. The highest BCUT2D eigenvalue weighted by Crippen LogP contribution is 2.25.